The Bertz CT molecular complexity index is 1150. The topological polar surface area (TPSA) is 79.1 Å². The molecule has 2 N–H and O–H groups in total. The average molecular weight is 432 g/mol. The van der Waals surface area contributed by atoms with Crippen LogP contribution >= 0.6 is 0 Å². The fourth-order valence-electron chi connectivity index (χ4n) is 3.58. The van der Waals surface area contributed by atoms with Crippen LogP contribution in [0.1, 0.15) is 26.5 Å². The van der Waals surface area contributed by atoms with E-state index in [1.54, 1.807) is 6.20 Å². The molecule has 0 atom stereocenters. The summed E-state index contributed by atoms with van der Waals surface area (Å²) in [4.78, 5) is 11.7. The maximum atomic E-state index is 5.45. The number of imidazole rings is 1. The Morgan fingerprint density at radius 1 is 1.16 bits per heavy atom. The minimum atomic E-state index is 0.702. The summed E-state index contributed by atoms with van der Waals surface area (Å²) in [6, 6.07) is 8.39. The van der Waals surface area contributed by atoms with Crippen molar-refractivity contribution in [3.63, 3.8) is 0 Å². The second-order valence-corrected chi connectivity index (χ2v) is 7.92. The standard InChI is InChI=1S/C24H29N7O/c1-17(2)21(29-25-4)15-18(3)22-16-31-10-9-26-24(31)23(28-22)27-19-5-7-20(8-6-19)30-11-13-32-14-12-30/h5-10,15-16,29H,4,11-14H2,1-3H3,(H,27,28)/b18-15+. The number of hydrogen-bond acceptors (Lipinski definition) is 7. The molecule has 1 aromatic carbocycles. The Hall–Kier alpha value is -3.65. The Morgan fingerprint density at radius 2 is 1.91 bits per heavy atom. The molecule has 0 saturated carbocycles. The van der Waals surface area contributed by atoms with Crippen molar-refractivity contribution < 1.29 is 4.74 Å². The molecule has 0 radical (unpaired) electrons. The zero-order chi connectivity index (χ0) is 22.5. The average Bonchev–Trinajstić information content (AvgIpc) is 3.29. The van der Waals surface area contributed by atoms with Gasteiger partial charge in [-0.15, -0.1) is 0 Å². The zero-order valence-corrected chi connectivity index (χ0v) is 18.8. The van der Waals surface area contributed by atoms with E-state index >= 15 is 0 Å². The highest BCUT2D eigenvalue weighted by atomic mass is 16.5. The molecule has 166 valence electrons. The van der Waals surface area contributed by atoms with Gasteiger partial charge in [-0.2, -0.15) is 5.10 Å². The van der Waals surface area contributed by atoms with Gasteiger partial charge in [0.15, 0.2) is 11.5 Å². The SMILES string of the molecule is C=NNC(/C=C(\C)c1cn2ccnc2c(Nc2ccc(N3CCOCC3)cc2)n1)=C(C)C. The first kappa shape index (κ1) is 21.6. The van der Waals surface area contributed by atoms with Crippen LogP contribution in [0.3, 0.4) is 0 Å². The lowest BCUT2D eigenvalue weighted by Crippen LogP contribution is -2.36. The third kappa shape index (κ3) is 4.81. The third-order valence-corrected chi connectivity index (χ3v) is 5.38. The fourth-order valence-corrected chi connectivity index (χ4v) is 3.58. The number of nitrogens with zero attached hydrogens (tertiary/aromatic N) is 5. The number of morpholine rings is 1. The molecule has 0 bridgehead atoms. The van der Waals surface area contributed by atoms with E-state index in [4.69, 9.17) is 9.72 Å². The predicted molar refractivity (Wildman–Crippen MR) is 130 cm³/mol. The van der Waals surface area contributed by atoms with Crippen molar-refractivity contribution in [2.75, 3.05) is 36.5 Å². The maximum absolute atomic E-state index is 5.45. The van der Waals surface area contributed by atoms with Crippen LogP contribution in [-0.2, 0) is 4.74 Å². The van der Waals surface area contributed by atoms with Crippen molar-refractivity contribution in [1.29, 1.82) is 0 Å². The summed E-state index contributed by atoms with van der Waals surface area (Å²) in [5.74, 6) is 0.702. The quantitative estimate of drug-likeness (QED) is 0.331. The van der Waals surface area contributed by atoms with Crippen molar-refractivity contribution in [2.45, 2.75) is 20.8 Å². The molecule has 2 aromatic heterocycles. The molecule has 1 aliphatic heterocycles. The minimum absolute atomic E-state index is 0.702. The first-order valence-corrected chi connectivity index (χ1v) is 10.7. The second kappa shape index (κ2) is 9.65. The molecule has 0 spiro atoms. The summed E-state index contributed by atoms with van der Waals surface area (Å²) in [5, 5.41) is 7.24. The molecule has 4 rings (SSSR count). The summed E-state index contributed by atoms with van der Waals surface area (Å²) >= 11 is 0. The van der Waals surface area contributed by atoms with Gasteiger partial charge in [-0.3, -0.25) is 5.43 Å². The Morgan fingerprint density at radius 3 is 2.59 bits per heavy atom. The van der Waals surface area contributed by atoms with Crippen LogP contribution in [0.2, 0.25) is 0 Å². The summed E-state index contributed by atoms with van der Waals surface area (Å²) in [6.45, 7) is 13.0. The summed E-state index contributed by atoms with van der Waals surface area (Å²) in [6.07, 6.45) is 7.70. The Labute approximate surface area is 188 Å². The van der Waals surface area contributed by atoms with Crippen molar-refractivity contribution in [1.82, 2.24) is 19.8 Å². The number of benzene rings is 1. The Balaban J connectivity index is 1.62. The second-order valence-electron chi connectivity index (χ2n) is 7.92. The number of hydrazone groups is 1. The molecule has 1 saturated heterocycles. The van der Waals surface area contributed by atoms with Gasteiger partial charge in [-0.25, -0.2) is 9.97 Å². The van der Waals surface area contributed by atoms with Gasteiger partial charge in [-0.1, -0.05) is 5.57 Å². The van der Waals surface area contributed by atoms with Crippen molar-refractivity contribution >= 4 is 35.1 Å². The van der Waals surface area contributed by atoms with Crippen molar-refractivity contribution in [2.24, 2.45) is 5.10 Å². The number of aromatic nitrogens is 3. The molecule has 8 nitrogen and oxygen atoms in total. The van der Waals surface area contributed by atoms with E-state index in [0.29, 0.717) is 5.82 Å². The summed E-state index contributed by atoms with van der Waals surface area (Å²) < 4.78 is 7.42. The van der Waals surface area contributed by atoms with E-state index in [1.165, 1.54) is 5.69 Å². The van der Waals surface area contributed by atoms with Crippen LogP contribution in [0.25, 0.3) is 11.2 Å². The van der Waals surface area contributed by atoms with E-state index in [2.05, 4.69) is 56.7 Å². The number of rotatable bonds is 7. The highest BCUT2D eigenvalue weighted by Crippen LogP contribution is 2.25. The number of hydrogen-bond donors (Lipinski definition) is 2. The molecule has 3 aromatic rings. The van der Waals surface area contributed by atoms with Gasteiger partial charge in [0.2, 0.25) is 0 Å². The lowest BCUT2D eigenvalue weighted by Gasteiger charge is -2.28. The molecular weight excluding hydrogens is 402 g/mol. The molecule has 0 amide bonds. The van der Waals surface area contributed by atoms with Crippen LogP contribution in [-0.4, -0.2) is 47.4 Å². The molecule has 8 heteroatoms. The number of ether oxygens (including phenoxy) is 1. The molecule has 0 aliphatic carbocycles. The lowest BCUT2D eigenvalue weighted by atomic mass is 10.1. The van der Waals surface area contributed by atoms with Crippen LogP contribution in [0.15, 0.2) is 65.3 Å². The fraction of sp³-hybridized carbons (Fsp3) is 0.292. The van der Waals surface area contributed by atoms with Gasteiger partial charge in [-0.05, 0) is 56.7 Å². The zero-order valence-electron chi connectivity index (χ0n) is 18.8. The van der Waals surface area contributed by atoms with Crippen LogP contribution in [0.5, 0.6) is 0 Å². The van der Waals surface area contributed by atoms with E-state index in [1.807, 2.05) is 43.6 Å². The van der Waals surface area contributed by atoms with Gasteiger partial charge in [0.1, 0.15) is 0 Å². The molecule has 32 heavy (non-hydrogen) atoms. The molecule has 3 heterocycles. The smallest absolute Gasteiger partial charge is 0.180 e. The normalized spacial score (nSPS) is 14.3. The van der Waals surface area contributed by atoms with Crippen LogP contribution in [0, 0.1) is 0 Å². The van der Waals surface area contributed by atoms with Gasteiger partial charge in [0, 0.05) is 49.8 Å². The third-order valence-electron chi connectivity index (χ3n) is 5.38. The van der Waals surface area contributed by atoms with Gasteiger partial charge < -0.3 is 19.4 Å². The lowest BCUT2D eigenvalue weighted by molar-refractivity contribution is 0.122. The van der Waals surface area contributed by atoms with Gasteiger partial charge >= 0.3 is 0 Å². The van der Waals surface area contributed by atoms with Crippen molar-refractivity contribution in [3.8, 4) is 0 Å². The Kier molecular flexibility index (Phi) is 6.51. The molecule has 1 aliphatic rings. The van der Waals surface area contributed by atoms with E-state index in [-0.39, 0.29) is 0 Å². The van der Waals surface area contributed by atoms with Crippen LogP contribution in [0.4, 0.5) is 17.2 Å². The predicted octanol–water partition coefficient (Wildman–Crippen LogP) is 4.21. The summed E-state index contributed by atoms with van der Waals surface area (Å²) in [7, 11) is 0. The first-order chi connectivity index (χ1) is 15.5. The number of nitrogens with one attached hydrogen (secondary N) is 2. The van der Waals surface area contributed by atoms with Gasteiger partial charge in [0.25, 0.3) is 0 Å². The van der Waals surface area contributed by atoms with E-state index in [9.17, 15) is 0 Å². The monoisotopic (exact) mass is 431 g/mol. The minimum Gasteiger partial charge on any atom is -0.378 e. The maximum Gasteiger partial charge on any atom is 0.180 e. The largest absolute Gasteiger partial charge is 0.378 e. The van der Waals surface area contributed by atoms with Crippen LogP contribution < -0.4 is 15.6 Å². The van der Waals surface area contributed by atoms with Crippen molar-refractivity contribution in [3.05, 3.63) is 65.9 Å². The summed E-state index contributed by atoms with van der Waals surface area (Å²) in [5.41, 5.74) is 9.72. The number of allylic oxidation sites excluding steroid dienone is 3. The molecule has 0 unspecified atom stereocenters. The van der Waals surface area contributed by atoms with E-state index < -0.39 is 0 Å². The highest BCUT2D eigenvalue weighted by Gasteiger charge is 2.13. The number of anilines is 3. The first-order valence-electron chi connectivity index (χ1n) is 10.7. The number of fused-ring (bicyclic) bond motifs is 1. The van der Waals surface area contributed by atoms with E-state index in [0.717, 1.165) is 60.2 Å². The highest BCUT2D eigenvalue weighted by molar-refractivity contribution is 5.74. The van der Waals surface area contributed by atoms with Gasteiger partial charge in [0.05, 0.1) is 24.6 Å². The molecular formula is C24H29N7O. The molecule has 1 fully saturated rings.